The molecule has 0 bridgehead atoms. The lowest BCUT2D eigenvalue weighted by molar-refractivity contribution is -0.274. The maximum absolute atomic E-state index is 12.9. The molecule has 1 N–H and O–H groups in total. The van der Waals surface area contributed by atoms with Crippen molar-refractivity contribution in [3.05, 3.63) is 89.7 Å². The van der Waals surface area contributed by atoms with E-state index < -0.39 is 6.36 Å². The van der Waals surface area contributed by atoms with Gasteiger partial charge in [0, 0.05) is 5.56 Å². The Morgan fingerprint density at radius 2 is 1.83 bits per heavy atom. The number of ether oxygens (including phenoxy) is 1. The highest BCUT2D eigenvalue weighted by Crippen LogP contribution is 2.34. The lowest BCUT2D eigenvalue weighted by atomic mass is 9.99. The van der Waals surface area contributed by atoms with Gasteiger partial charge < -0.3 is 4.74 Å². The average Bonchev–Trinajstić information content (AvgIpc) is 3.64. The summed E-state index contributed by atoms with van der Waals surface area (Å²) in [5.74, 6) is 0.566. The number of halogens is 3. The van der Waals surface area contributed by atoms with Gasteiger partial charge in [-0.2, -0.15) is 10.1 Å². The number of thioether (sulfide) groups is 1. The number of thiocarbonyl (C=S) groups is 1. The fraction of sp³-hybridized carbons (Fsp3) is 0.250. The second-order valence-corrected chi connectivity index (χ2v) is 11.9. The molecule has 1 aromatic heterocycles. The number of aliphatic imine (C=N–C) groups is 1. The van der Waals surface area contributed by atoms with E-state index in [4.69, 9.17) is 12.2 Å². The van der Waals surface area contributed by atoms with E-state index in [1.807, 2.05) is 56.3 Å². The molecule has 4 aromatic rings. The van der Waals surface area contributed by atoms with Crippen molar-refractivity contribution in [2.24, 2.45) is 10.1 Å². The molecule has 0 saturated carbocycles. The van der Waals surface area contributed by atoms with Crippen LogP contribution in [0.1, 0.15) is 49.8 Å². The third-order valence-electron chi connectivity index (χ3n) is 6.94. The van der Waals surface area contributed by atoms with E-state index in [1.165, 1.54) is 47.0 Å². The van der Waals surface area contributed by atoms with Gasteiger partial charge >= 0.3 is 6.36 Å². The number of carbonyl (C=O) groups excluding carboxylic acids is 1. The Kier molecular flexibility index (Phi) is 9.87. The molecular formula is C32H30F3N7O2S2. The molecule has 2 heterocycles. The zero-order valence-electron chi connectivity index (χ0n) is 25.4. The topological polar surface area (TPSA) is 97.0 Å². The summed E-state index contributed by atoms with van der Waals surface area (Å²) in [5.41, 5.74) is 8.63. The summed E-state index contributed by atoms with van der Waals surface area (Å²) in [7, 11) is 0. The van der Waals surface area contributed by atoms with Gasteiger partial charge in [-0.15, -0.1) is 18.3 Å². The van der Waals surface area contributed by atoms with Crippen LogP contribution < -0.4 is 15.1 Å². The molecule has 0 radical (unpaired) electrons. The number of nitrogens with zero attached hydrogens (tertiary/aromatic N) is 6. The van der Waals surface area contributed by atoms with Crippen LogP contribution >= 0.6 is 24.0 Å². The van der Waals surface area contributed by atoms with Gasteiger partial charge in [0.05, 0.1) is 22.8 Å². The molecular weight excluding hydrogens is 636 g/mol. The Bertz CT molecular complexity index is 1800. The molecule has 0 unspecified atom stereocenters. The number of amides is 1. The van der Waals surface area contributed by atoms with Crippen molar-refractivity contribution in [2.75, 3.05) is 10.7 Å². The predicted octanol–water partition coefficient (Wildman–Crippen LogP) is 7.39. The molecule has 1 amide bonds. The van der Waals surface area contributed by atoms with Crippen molar-refractivity contribution >= 4 is 51.6 Å². The van der Waals surface area contributed by atoms with Crippen LogP contribution in [0.3, 0.4) is 0 Å². The van der Waals surface area contributed by atoms with Crippen LogP contribution in [0, 0.1) is 6.92 Å². The first-order valence-corrected chi connectivity index (χ1v) is 15.7. The SMILES string of the molecule is CC/C(=N\NC(=S)N=C1SCC(=O)N1c1cc(C)ccc1C(C)C)c1ccc(-c2ncn(-c3ccc(OC(F)(F)F)cc3)n2)cc1. The number of aryl methyl sites for hydroxylation is 1. The summed E-state index contributed by atoms with van der Waals surface area (Å²) in [4.78, 5) is 23.4. The van der Waals surface area contributed by atoms with Gasteiger partial charge in [0.2, 0.25) is 11.0 Å². The molecule has 14 heteroatoms. The van der Waals surface area contributed by atoms with Crippen molar-refractivity contribution in [3.8, 4) is 22.8 Å². The van der Waals surface area contributed by atoms with Gasteiger partial charge in [0.15, 0.2) is 11.0 Å². The van der Waals surface area contributed by atoms with E-state index >= 15 is 0 Å². The van der Waals surface area contributed by atoms with Crippen LogP contribution in [0.4, 0.5) is 18.9 Å². The molecule has 9 nitrogen and oxygen atoms in total. The van der Waals surface area contributed by atoms with Crippen molar-refractivity contribution in [1.29, 1.82) is 0 Å². The number of aromatic nitrogens is 3. The van der Waals surface area contributed by atoms with Crippen molar-refractivity contribution in [1.82, 2.24) is 20.2 Å². The standard InChI is InChI=1S/C32H30F3N7O2S2/c1-5-26(38-39-30(45)37-31-42(28(43)17-46-31)27-16-20(4)6-15-25(27)19(2)3)21-7-9-22(10-8-21)29-36-18-41(40-29)23-11-13-24(14-12-23)44-32(33,34)35/h6-16,18-19H,5,17H2,1-4H3,(H,39,45)/b37-31?,38-26+. The summed E-state index contributed by atoms with van der Waals surface area (Å²) in [5, 5.41) is 9.59. The Labute approximate surface area is 273 Å². The van der Waals surface area contributed by atoms with E-state index in [0.29, 0.717) is 23.1 Å². The van der Waals surface area contributed by atoms with E-state index in [-0.39, 0.29) is 28.4 Å². The molecule has 0 aliphatic carbocycles. The van der Waals surface area contributed by atoms with Crippen molar-refractivity contribution < 1.29 is 22.7 Å². The molecule has 1 aliphatic rings. The van der Waals surface area contributed by atoms with Crippen LogP contribution in [0.25, 0.3) is 17.1 Å². The van der Waals surface area contributed by atoms with Crippen LogP contribution in [-0.4, -0.2) is 48.8 Å². The quantitative estimate of drug-likeness (QED) is 0.119. The number of alkyl halides is 3. The number of carbonyl (C=O) groups is 1. The Hall–Kier alpha value is -4.56. The molecule has 1 saturated heterocycles. The van der Waals surface area contributed by atoms with E-state index in [1.54, 1.807) is 4.90 Å². The third kappa shape index (κ3) is 7.80. The van der Waals surface area contributed by atoms with Gasteiger partial charge in [-0.25, -0.2) is 9.67 Å². The van der Waals surface area contributed by atoms with E-state index in [2.05, 4.69) is 44.2 Å². The summed E-state index contributed by atoms with van der Waals surface area (Å²) in [6, 6.07) is 18.9. The number of rotatable bonds is 8. The normalized spacial score (nSPS) is 14.8. The summed E-state index contributed by atoms with van der Waals surface area (Å²) >= 11 is 6.82. The fourth-order valence-electron chi connectivity index (χ4n) is 4.72. The highest BCUT2D eigenvalue weighted by Gasteiger charge is 2.32. The van der Waals surface area contributed by atoms with Gasteiger partial charge in [-0.3, -0.25) is 15.1 Å². The van der Waals surface area contributed by atoms with Crippen molar-refractivity contribution in [3.63, 3.8) is 0 Å². The van der Waals surface area contributed by atoms with Crippen molar-refractivity contribution in [2.45, 2.75) is 46.4 Å². The Morgan fingerprint density at radius 1 is 1.11 bits per heavy atom. The highest BCUT2D eigenvalue weighted by molar-refractivity contribution is 8.15. The number of benzene rings is 3. The minimum absolute atomic E-state index is 0.0512. The first-order valence-electron chi connectivity index (χ1n) is 14.3. The molecule has 1 aliphatic heterocycles. The predicted molar refractivity (Wildman–Crippen MR) is 179 cm³/mol. The minimum atomic E-state index is -4.76. The summed E-state index contributed by atoms with van der Waals surface area (Å²) in [6.07, 6.45) is -2.67. The Morgan fingerprint density at radius 3 is 2.48 bits per heavy atom. The minimum Gasteiger partial charge on any atom is -0.406 e. The van der Waals surface area contributed by atoms with Gasteiger partial charge in [0.25, 0.3) is 0 Å². The van der Waals surface area contributed by atoms with E-state index in [9.17, 15) is 18.0 Å². The van der Waals surface area contributed by atoms with Crippen LogP contribution in [0.5, 0.6) is 5.75 Å². The molecule has 1 fully saturated rings. The highest BCUT2D eigenvalue weighted by atomic mass is 32.2. The number of hydrazone groups is 1. The molecule has 238 valence electrons. The first kappa shape index (κ1) is 32.8. The molecule has 0 atom stereocenters. The smallest absolute Gasteiger partial charge is 0.406 e. The second kappa shape index (κ2) is 13.8. The average molecular weight is 666 g/mol. The zero-order chi connectivity index (χ0) is 33.0. The number of hydrogen-bond donors (Lipinski definition) is 1. The molecule has 0 spiro atoms. The fourth-order valence-corrected chi connectivity index (χ4v) is 5.78. The van der Waals surface area contributed by atoms with Crippen LogP contribution in [0.2, 0.25) is 0 Å². The van der Waals surface area contributed by atoms with Gasteiger partial charge in [-0.05, 0) is 78.5 Å². The number of amidine groups is 1. The molecule has 3 aromatic carbocycles. The lowest BCUT2D eigenvalue weighted by Crippen LogP contribution is -2.31. The lowest BCUT2D eigenvalue weighted by Gasteiger charge is -2.22. The first-order chi connectivity index (χ1) is 21.9. The largest absolute Gasteiger partial charge is 0.573 e. The number of hydrogen-bond acceptors (Lipinski definition) is 7. The van der Waals surface area contributed by atoms with E-state index in [0.717, 1.165) is 33.7 Å². The van der Waals surface area contributed by atoms with Crippen LogP contribution in [-0.2, 0) is 4.79 Å². The zero-order valence-corrected chi connectivity index (χ0v) is 27.0. The van der Waals surface area contributed by atoms with Crippen LogP contribution in [0.15, 0.2) is 83.2 Å². The number of anilines is 1. The summed E-state index contributed by atoms with van der Waals surface area (Å²) in [6.45, 7) is 8.13. The van der Waals surface area contributed by atoms with Gasteiger partial charge in [-0.1, -0.05) is 68.9 Å². The molecule has 5 rings (SSSR count). The van der Waals surface area contributed by atoms with Gasteiger partial charge in [0.1, 0.15) is 12.1 Å². The maximum atomic E-state index is 12.9. The summed E-state index contributed by atoms with van der Waals surface area (Å²) < 4.78 is 42.7. The molecule has 46 heavy (non-hydrogen) atoms. The monoisotopic (exact) mass is 665 g/mol. The second-order valence-electron chi connectivity index (χ2n) is 10.6. The maximum Gasteiger partial charge on any atom is 0.573 e. The Balaban J connectivity index is 1.27. The third-order valence-corrected chi connectivity index (χ3v) is 8.04. The number of nitrogens with one attached hydrogen (secondary N) is 1.